The Labute approximate surface area is 173 Å². The number of sulfonamides is 1. The van der Waals surface area contributed by atoms with E-state index in [0.29, 0.717) is 17.9 Å². The molecule has 29 heavy (non-hydrogen) atoms. The summed E-state index contributed by atoms with van der Waals surface area (Å²) < 4.78 is 23.0. The molecule has 7 nitrogen and oxygen atoms in total. The van der Waals surface area contributed by atoms with Gasteiger partial charge in [0.2, 0.25) is 15.9 Å². The van der Waals surface area contributed by atoms with Crippen LogP contribution in [0.25, 0.3) is 0 Å². The van der Waals surface area contributed by atoms with Crippen molar-refractivity contribution >= 4 is 33.4 Å². The van der Waals surface area contributed by atoms with E-state index in [-0.39, 0.29) is 10.8 Å². The third kappa shape index (κ3) is 5.98. The number of nitrogens with zero attached hydrogens (tertiary/aromatic N) is 2. The third-order valence-electron chi connectivity index (χ3n) is 3.80. The molecule has 0 aliphatic rings. The standard InChI is InChI=1S/C20H18N4O3S2/c1-2-19(25)23-15-6-8-16(9-7-15)28-20-10-11-22-18(24-20)13-14-4-3-5-17(12-14)29(21,26)27/h2-12H,1,13H2,(H,23,25)(H2,21,26,27). The van der Waals surface area contributed by atoms with E-state index in [0.717, 1.165) is 15.5 Å². The molecule has 0 spiro atoms. The van der Waals surface area contributed by atoms with E-state index in [2.05, 4.69) is 21.9 Å². The van der Waals surface area contributed by atoms with Gasteiger partial charge in [0.15, 0.2) is 0 Å². The zero-order valence-electron chi connectivity index (χ0n) is 15.3. The minimum atomic E-state index is -3.76. The SMILES string of the molecule is C=CC(=O)Nc1ccc(Sc2ccnc(Cc3cccc(S(N)(=O)=O)c3)n2)cc1. The zero-order chi connectivity index (χ0) is 20.9. The van der Waals surface area contributed by atoms with E-state index >= 15 is 0 Å². The second-order valence-corrected chi connectivity index (χ2v) is 8.66. The van der Waals surface area contributed by atoms with Gasteiger partial charge in [0.1, 0.15) is 10.9 Å². The number of hydrogen-bond donors (Lipinski definition) is 2. The van der Waals surface area contributed by atoms with Crippen molar-refractivity contribution in [1.29, 1.82) is 0 Å². The lowest BCUT2D eigenvalue weighted by molar-refractivity contribution is -0.111. The molecule has 9 heteroatoms. The maximum atomic E-state index is 11.5. The number of anilines is 1. The summed E-state index contributed by atoms with van der Waals surface area (Å²) in [5.74, 6) is 0.300. The average molecular weight is 427 g/mol. The van der Waals surface area contributed by atoms with E-state index in [1.807, 2.05) is 12.1 Å². The van der Waals surface area contributed by atoms with Crippen molar-refractivity contribution in [2.75, 3.05) is 5.32 Å². The Morgan fingerprint density at radius 1 is 1.17 bits per heavy atom. The Morgan fingerprint density at radius 2 is 1.93 bits per heavy atom. The molecule has 0 atom stereocenters. The van der Waals surface area contributed by atoms with Crippen LogP contribution in [-0.4, -0.2) is 24.3 Å². The molecule has 2 aromatic carbocycles. The number of primary sulfonamides is 1. The minimum absolute atomic E-state index is 0.0594. The van der Waals surface area contributed by atoms with Gasteiger partial charge in [-0.25, -0.2) is 23.5 Å². The lowest BCUT2D eigenvalue weighted by Crippen LogP contribution is -2.12. The predicted octanol–water partition coefficient (Wildman–Crippen LogP) is 2.99. The van der Waals surface area contributed by atoms with Crippen LogP contribution in [0.2, 0.25) is 0 Å². The highest BCUT2D eigenvalue weighted by molar-refractivity contribution is 7.99. The molecule has 0 bridgehead atoms. The van der Waals surface area contributed by atoms with Crippen molar-refractivity contribution < 1.29 is 13.2 Å². The van der Waals surface area contributed by atoms with Crippen molar-refractivity contribution in [1.82, 2.24) is 9.97 Å². The molecule has 1 amide bonds. The molecular weight excluding hydrogens is 408 g/mol. The Kier molecular flexibility index (Phi) is 6.42. The first-order chi connectivity index (χ1) is 13.8. The van der Waals surface area contributed by atoms with E-state index in [9.17, 15) is 13.2 Å². The van der Waals surface area contributed by atoms with Gasteiger partial charge in [-0.2, -0.15) is 0 Å². The van der Waals surface area contributed by atoms with Crippen LogP contribution >= 0.6 is 11.8 Å². The van der Waals surface area contributed by atoms with Crippen LogP contribution in [0.4, 0.5) is 5.69 Å². The molecule has 3 aromatic rings. The number of hydrogen-bond acceptors (Lipinski definition) is 6. The number of benzene rings is 2. The molecule has 148 valence electrons. The summed E-state index contributed by atoms with van der Waals surface area (Å²) in [6, 6.07) is 15.6. The molecule has 1 heterocycles. The van der Waals surface area contributed by atoms with Gasteiger partial charge in [0, 0.05) is 23.2 Å². The number of rotatable bonds is 7. The molecule has 0 aliphatic heterocycles. The predicted molar refractivity (Wildman–Crippen MR) is 112 cm³/mol. The quantitative estimate of drug-likeness (QED) is 0.443. The molecule has 0 aliphatic carbocycles. The first-order valence-electron chi connectivity index (χ1n) is 8.48. The Bertz CT molecular complexity index is 1150. The number of amides is 1. The molecule has 3 N–H and O–H groups in total. The van der Waals surface area contributed by atoms with Crippen LogP contribution in [0.3, 0.4) is 0 Å². The smallest absolute Gasteiger partial charge is 0.247 e. The molecule has 3 rings (SSSR count). The number of carbonyl (C=O) groups is 1. The van der Waals surface area contributed by atoms with E-state index < -0.39 is 10.0 Å². The molecule has 0 unspecified atom stereocenters. The van der Waals surface area contributed by atoms with Crippen LogP contribution in [-0.2, 0) is 21.2 Å². The van der Waals surface area contributed by atoms with Crippen molar-refractivity contribution in [2.24, 2.45) is 5.14 Å². The first kappa shape index (κ1) is 20.7. The minimum Gasteiger partial charge on any atom is -0.323 e. The fourth-order valence-electron chi connectivity index (χ4n) is 2.46. The van der Waals surface area contributed by atoms with Crippen LogP contribution in [0.5, 0.6) is 0 Å². The molecular formula is C20H18N4O3S2. The van der Waals surface area contributed by atoms with Gasteiger partial charge in [-0.15, -0.1) is 0 Å². The summed E-state index contributed by atoms with van der Waals surface area (Å²) in [5, 5.41) is 8.62. The highest BCUT2D eigenvalue weighted by atomic mass is 32.2. The number of nitrogens with two attached hydrogens (primary N) is 1. The molecule has 0 saturated carbocycles. The van der Waals surface area contributed by atoms with Crippen molar-refractivity contribution in [3.05, 3.63) is 84.8 Å². The first-order valence-corrected chi connectivity index (χ1v) is 10.8. The summed E-state index contributed by atoms with van der Waals surface area (Å²) in [5.41, 5.74) is 1.43. The van der Waals surface area contributed by atoms with Gasteiger partial charge >= 0.3 is 0 Å². The lowest BCUT2D eigenvalue weighted by Gasteiger charge is -2.06. The summed E-state index contributed by atoms with van der Waals surface area (Å²) in [4.78, 5) is 21.1. The van der Waals surface area contributed by atoms with Gasteiger partial charge < -0.3 is 5.32 Å². The van der Waals surface area contributed by atoms with Crippen LogP contribution in [0.15, 0.2) is 88.3 Å². The second-order valence-electron chi connectivity index (χ2n) is 6.00. The Balaban J connectivity index is 1.71. The van der Waals surface area contributed by atoms with Crippen LogP contribution in [0.1, 0.15) is 11.4 Å². The molecule has 0 radical (unpaired) electrons. The topological polar surface area (TPSA) is 115 Å². The van der Waals surface area contributed by atoms with E-state index in [1.54, 1.807) is 36.5 Å². The Morgan fingerprint density at radius 3 is 2.62 bits per heavy atom. The number of aromatic nitrogens is 2. The van der Waals surface area contributed by atoms with E-state index in [1.165, 1.54) is 30.0 Å². The van der Waals surface area contributed by atoms with Gasteiger partial charge in [-0.05, 0) is 54.1 Å². The highest BCUT2D eigenvalue weighted by Gasteiger charge is 2.09. The van der Waals surface area contributed by atoms with Gasteiger partial charge in [-0.1, -0.05) is 30.5 Å². The van der Waals surface area contributed by atoms with Gasteiger partial charge in [0.25, 0.3) is 0 Å². The monoisotopic (exact) mass is 426 g/mol. The fourth-order valence-corrected chi connectivity index (χ4v) is 3.84. The number of nitrogens with one attached hydrogen (secondary N) is 1. The lowest BCUT2D eigenvalue weighted by atomic mass is 10.1. The second kappa shape index (κ2) is 8.99. The normalized spacial score (nSPS) is 11.1. The average Bonchev–Trinajstić information content (AvgIpc) is 2.69. The third-order valence-corrected chi connectivity index (χ3v) is 5.65. The zero-order valence-corrected chi connectivity index (χ0v) is 16.9. The number of carbonyl (C=O) groups excluding carboxylic acids is 1. The van der Waals surface area contributed by atoms with Crippen molar-refractivity contribution in [3.63, 3.8) is 0 Å². The van der Waals surface area contributed by atoms with Crippen molar-refractivity contribution in [2.45, 2.75) is 21.2 Å². The fraction of sp³-hybridized carbons (Fsp3) is 0.0500. The van der Waals surface area contributed by atoms with Gasteiger partial charge in [0.05, 0.1) is 4.90 Å². The summed E-state index contributed by atoms with van der Waals surface area (Å²) in [7, 11) is -3.76. The highest BCUT2D eigenvalue weighted by Crippen LogP contribution is 2.27. The molecule has 0 saturated heterocycles. The van der Waals surface area contributed by atoms with E-state index in [4.69, 9.17) is 5.14 Å². The van der Waals surface area contributed by atoms with Crippen LogP contribution in [0, 0.1) is 0 Å². The van der Waals surface area contributed by atoms with Crippen LogP contribution < -0.4 is 10.5 Å². The summed E-state index contributed by atoms with van der Waals surface area (Å²) in [6.07, 6.45) is 3.25. The maximum Gasteiger partial charge on any atom is 0.247 e. The maximum absolute atomic E-state index is 11.5. The molecule has 0 fully saturated rings. The largest absolute Gasteiger partial charge is 0.323 e. The van der Waals surface area contributed by atoms with Gasteiger partial charge in [-0.3, -0.25) is 4.79 Å². The van der Waals surface area contributed by atoms with Crippen molar-refractivity contribution in [3.8, 4) is 0 Å². The molecule has 1 aromatic heterocycles. The summed E-state index contributed by atoms with van der Waals surface area (Å²) >= 11 is 1.45. The Hall–Kier alpha value is -3.01. The summed E-state index contributed by atoms with van der Waals surface area (Å²) in [6.45, 7) is 3.42.